The zero-order chi connectivity index (χ0) is 11.7. The van der Waals surface area contributed by atoms with E-state index >= 15 is 0 Å². The molecule has 2 unspecified atom stereocenters. The molecule has 0 aliphatic carbocycles. The van der Waals surface area contributed by atoms with Gasteiger partial charge in [0.05, 0.1) is 5.69 Å². The molecule has 3 heteroatoms. The highest BCUT2D eigenvalue weighted by Gasteiger charge is 2.30. The van der Waals surface area contributed by atoms with Crippen LogP contribution in [0.1, 0.15) is 38.8 Å². The summed E-state index contributed by atoms with van der Waals surface area (Å²) in [6, 6.07) is 5.53. The van der Waals surface area contributed by atoms with Gasteiger partial charge in [-0.15, -0.1) is 0 Å². The van der Waals surface area contributed by atoms with Gasteiger partial charge in [-0.2, -0.15) is 0 Å². The maximum atomic E-state index is 4.68. The van der Waals surface area contributed by atoms with Crippen LogP contribution in [0.25, 0.3) is 0 Å². The average molecular weight is 283 g/mol. The van der Waals surface area contributed by atoms with E-state index in [-0.39, 0.29) is 0 Å². The summed E-state index contributed by atoms with van der Waals surface area (Å²) in [4.78, 5) is 7.17. The number of anilines is 1. The van der Waals surface area contributed by atoms with Gasteiger partial charge >= 0.3 is 0 Å². The summed E-state index contributed by atoms with van der Waals surface area (Å²) in [6.45, 7) is 6.62. The quantitative estimate of drug-likeness (QED) is 0.817. The molecule has 0 amide bonds. The Hall–Kier alpha value is -0.570. The van der Waals surface area contributed by atoms with Crippen LogP contribution < -0.4 is 4.90 Å². The molecule has 0 saturated carbocycles. The fourth-order valence-corrected chi connectivity index (χ4v) is 2.78. The third kappa shape index (κ3) is 2.10. The van der Waals surface area contributed by atoms with Crippen molar-refractivity contribution >= 4 is 21.7 Å². The number of hydrogen-bond donors (Lipinski definition) is 0. The Kier molecular flexibility index (Phi) is 3.53. The molecule has 2 rings (SSSR count). The molecule has 0 N–H and O–H groups in total. The summed E-state index contributed by atoms with van der Waals surface area (Å²) in [7, 11) is 0. The lowest BCUT2D eigenvalue weighted by Crippen LogP contribution is -2.34. The maximum Gasteiger partial charge on any atom is 0.129 e. The molecule has 0 radical (unpaired) electrons. The summed E-state index contributed by atoms with van der Waals surface area (Å²) >= 11 is 3.50. The van der Waals surface area contributed by atoms with Crippen LogP contribution in [0.4, 0.5) is 5.82 Å². The van der Waals surface area contributed by atoms with Crippen LogP contribution >= 0.6 is 15.9 Å². The Labute approximate surface area is 106 Å². The topological polar surface area (TPSA) is 16.1 Å². The van der Waals surface area contributed by atoms with Crippen molar-refractivity contribution in [2.24, 2.45) is 0 Å². The summed E-state index contributed by atoms with van der Waals surface area (Å²) < 4.78 is 1.09. The zero-order valence-electron chi connectivity index (χ0n) is 10.2. The SMILES string of the molecule is CCC1CCC(C)N1c1ccc(Br)c(C)n1. The van der Waals surface area contributed by atoms with Crippen molar-refractivity contribution in [1.29, 1.82) is 0 Å². The van der Waals surface area contributed by atoms with E-state index < -0.39 is 0 Å². The first-order chi connectivity index (χ1) is 7.63. The highest BCUT2D eigenvalue weighted by atomic mass is 79.9. The second-order valence-corrected chi connectivity index (χ2v) is 5.49. The molecule has 2 heterocycles. The summed E-state index contributed by atoms with van der Waals surface area (Å²) in [5, 5.41) is 0. The first kappa shape index (κ1) is 11.9. The van der Waals surface area contributed by atoms with Crippen LogP contribution in [0.3, 0.4) is 0 Å². The van der Waals surface area contributed by atoms with Gasteiger partial charge in [0.25, 0.3) is 0 Å². The molecule has 2 atom stereocenters. The standard InChI is InChI=1S/C13H19BrN2/c1-4-11-6-5-9(2)16(11)13-8-7-12(14)10(3)15-13/h7-9,11H,4-6H2,1-3H3. The van der Waals surface area contributed by atoms with Crippen LogP contribution in [0.2, 0.25) is 0 Å². The smallest absolute Gasteiger partial charge is 0.129 e. The Balaban J connectivity index is 2.31. The number of aromatic nitrogens is 1. The molecule has 0 aromatic carbocycles. The van der Waals surface area contributed by atoms with Gasteiger partial charge in [0, 0.05) is 16.6 Å². The minimum Gasteiger partial charge on any atom is -0.351 e. The maximum absolute atomic E-state index is 4.68. The van der Waals surface area contributed by atoms with Crippen molar-refractivity contribution in [2.75, 3.05) is 4.90 Å². The Bertz CT molecular complexity index is 378. The van der Waals surface area contributed by atoms with Gasteiger partial charge in [-0.3, -0.25) is 0 Å². The van der Waals surface area contributed by atoms with E-state index in [9.17, 15) is 0 Å². The van der Waals surface area contributed by atoms with E-state index in [0.717, 1.165) is 16.0 Å². The lowest BCUT2D eigenvalue weighted by Gasteiger charge is -2.29. The van der Waals surface area contributed by atoms with Crippen LogP contribution in [0, 0.1) is 6.92 Å². The third-order valence-corrected chi connectivity index (χ3v) is 4.37. The van der Waals surface area contributed by atoms with Gasteiger partial charge in [-0.25, -0.2) is 4.98 Å². The summed E-state index contributed by atoms with van der Waals surface area (Å²) in [5.41, 5.74) is 1.08. The fraction of sp³-hybridized carbons (Fsp3) is 0.615. The normalized spacial score (nSPS) is 25.1. The number of halogens is 1. The molecule has 1 aromatic rings. The van der Waals surface area contributed by atoms with E-state index in [0.29, 0.717) is 12.1 Å². The molecule has 2 nitrogen and oxygen atoms in total. The van der Waals surface area contributed by atoms with E-state index in [4.69, 9.17) is 0 Å². The Morgan fingerprint density at radius 3 is 2.81 bits per heavy atom. The number of nitrogens with zero attached hydrogens (tertiary/aromatic N) is 2. The Morgan fingerprint density at radius 1 is 1.44 bits per heavy atom. The van der Waals surface area contributed by atoms with Crippen molar-refractivity contribution in [2.45, 2.75) is 52.1 Å². The van der Waals surface area contributed by atoms with Crippen molar-refractivity contribution in [1.82, 2.24) is 4.98 Å². The molecule has 0 spiro atoms. The third-order valence-electron chi connectivity index (χ3n) is 3.53. The molecular weight excluding hydrogens is 264 g/mol. The molecule has 1 saturated heterocycles. The van der Waals surface area contributed by atoms with E-state index in [2.05, 4.69) is 58.7 Å². The number of rotatable bonds is 2. The van der Waals surface area contributed by atoms with E-state index in [1.807, 2.05) is 0 Å². The van der Waals surface area contributed by atoms with Crippen LogP contribution in [-0.2, 0) is 0 Å². The highest BCUT2D eigenvalue weighted by molar-refractivity contribution is 9.10. The second kappa shape index (κ2) is 4.74. The fourth-order valence-electron chi connectivity index (χ4n) is 2.56. The first-order valence-electron chi connectivity index (χ1n) is 6.05. The van der Waals surface area contributed by atoms with Crippen molar-refractivity contribution in [3.8, 4) is 0 Å². The molecule has 0 bridgehead atoms. The van der Waals surface area contributed by atoms with Crippen molar-refractivity contribution < 1.29 is 0 Å². The molecule has 88 valence electrons. The predicted molar refractivity (Wildman–Crippen MR) is 71.9 cm³/mol. The molecular formula is C13H19BrN2. The predicted octanol–water partition coefficient (Wildman–Crippen LogP) is 3.92. The van der Waals surface area contributed by atoms with Gasteiger partial charge in [0.2, 0.25) is 0 Å². The largest absolute Gasteiger partial charge is 0.351 e. The van der Waals surface area contributed by atoms with Gasteiger partial charge in [-0.1, -0.05) is 6.92 Å². The Morgan fingerprint density at radius 2 is 2.19 bits per heavy atom. The van der Waals surface area contributed by atoms with Crippen LogP contribution in [0.5, 0.6) is 0 Å². The summed E-state index contributed by atoms with van der Waals surface area (Å²) in [6.07, 6.45) is 3.80. The summed E-state index contributed by atoms with van der Waals surface area (Å²) in [5.74, 6) is 1.14. The van der Waals surface area contributed by atoms with Crippen molar-refractivity contribution in [3.63, 3.8) is 0 Å². The van der Waals surface area contributed by atoms with E-state index in [1.54, 1.807) is 0 Å². The van der Waals surface area contributed by atoms with Gasteiger partial charge < -0.3 is 4.90 Å². The van der Waals surface area contributed by atoms with Crippen molar-refractivity contribution in [3.05, 3.63) is 22.3 Å². The molecule has 1 aliphatic rings. The lowest BCUT2D eigenvalue weighted by atomic mass is 10.1. The second-order valence-electron chi connectivity index (χ2n) is 4.63. The number of pyridine rings is 1. The molecule has 16 heavy (non-hydrogen) atoms. The minimum atomic E-state index is 0.623. The van der Waals surface area contributed by atoms with Crippen LogP contribution in [0.15, 0.2) is 16.6 Å². The molecule has 1 aromatic heterocycles. The number of hydrogen-bond acceptors (Lipinski definition) is 2. The number of aryl methyl sites for hydroxylation is 1. The average Bonchev–Trinajstić information content (AvgIpc) is 2.64. The van der Waals surface area contributed by atoms with Crippen LogP contribution in [-0.4, -0.2) is 17.1 Å². The molecule has 1 aliphatic heterocycles. The first-order valence-corrected chi connectivity index (χ1v) is 6.84. The van der Waals surface area contributed by atoms with E-state index in [1.165, 1.54) is 19.3 Å². The van der Waals surface area contributed by atoms with Gasteiger partial charge in [0.1, 0.15) is 5.82 Å². The highest BCUT2D eigenvalue weighted by Crippen LogP contribution is 2.31. The monoisotopic (exact) mass is 282 g/mol. The van der Waals surface area contributed by atoms with Gasteiger partial charge in [-0.05, 0) is 61.2 Å². The minimum absolute atomic E-state index is 0.623. The zero-order valence-corrected chi connectivity index (χ0v) is 11.8. The lowest BCUT2D eigenvalue weighted by molar-refractivity contribution is 0.620. The van der Waals surface area contributed by atoms with Gasteiger partial charge in [0.15, 0.2) is 0 Å². The molecule has 1 fully saturated rings.